The molecular weight excluding hydrogens is 380 g/mol. The Bertz CT molecular complexity index is 1120. The predicted octanol–water partition coefficient (Wildman–Crippen LogP) is 4.46. The molecule has 0 aliphatic rings. The number of rotatable bonds is 5. The molecule has 7 heteroatoms. The molecule has 0 fully saturated rings. The lowest BCUT2D eigenvalue weighted by Gasteiger charge is -2.13. The molecule has 0 aliphatic heterocycles. The van der Waals surface area contributed by atoms with E-state index in [-0.39, 0.29) is 22.2 Å². The van der Waals surface area contributed by atoms with Crippen LogP contribution in [0, 0.1) is 13.8 Å². The van der Waals surface area contributed by atoms with Gasteiger partial charge in [0.05, 0.1) is 16.8 Å². The van der Waals surface area contributed by atoms with E-state index in [1.54, 1.807) is 38.1 Å². The topological polar surface area (TPSA) is 89.1 Å². The Hall–Kier alpha value is -2.99. The second-order valence-electron chi connectivity index (χ2n) is 6.60. The zero-order chi connectivity index (χ0) is 20.6. The van der Waals surface area contributed by atoms with E-state index in [0.29, 0.717) is 27.7 Å². The Kier molecular flexibility index (Phi) is 5.34. The molecule has 0 spiro atoms. The van der Waals surface area contributed by atoms with Crippen LogP contribution in [0.4, 0.5) is 0 Å². The summed E-state index contributed by atoms with van der Waals surface area (Å²) in [5.41, 5.74) is 2.70. The van der Waals surface area contributed by atoms with Crippen molar-refractivity contribution in [3.8, 4) is 0 Å². The average Bonchev–Trinajstić information content (AvgIpc) is 2.94. The van der Waals surface area contributed by atoms with Gasteiger partial charge in [-0.25, -0.2) is 9.78 Å². The molecule has 6 nitrogen and oxygen atoms in total. The molecule has 1 atom stereocenters. The number of H-pyrrole nitrogens is 1. The van der Waals surface area contributed by atoms with E-state index in [4.69, 9.17) is 16.3 Å². The van der Waals surface area contributed by atoms with Crippen LogP contribution >= 0.6 is 11.6 Å². The minimum Gasteiger partial charge on any atom is -0.451 e. The minimum absolute atomic E-state index is 0.132. The van der Waals surface area contributed by atoms with Gasteiger partial charge in [0.15, 0.2) is 11.9 Å². The number of fused-ring (bicyclic) bond motifs is 1. The first-order valence-electron chi connectivity index (χ1n) is 8.71. The smallest absolute Gasteiger partial charge is 0.339 e. The molecule has 2 aromatic heterocycles. The molecule has 1 N–H and O–H groups in total. The summed E-state index contributed by atoms with van der Waals surface area (Å²) < 4.78 is 5.40. The van der Waals surface area contributed by atoms with E-state index in [0.717, 1.165) is 0 Å². The number of benzene rings is 1. The Morgan fingerprint density at radius 3 is 2.50 bits per heavy atom. The predicted molar refractivity (Wildman–Crippen MR) is 106 cm³/mol. The summed E-state index contributed by atoms with van der Waals surface area (Å²) in [6.45, 7) is 6.36. The molecular formula is C21H19ClN2O4. The van der Waals surface area contributed by atoms with Crippen molar-refractivity contribution >= 4 is 40.0 Å². The van der Waals surface area contributed by atoms with E-state index in [1.807, 2.05) is 0 Å². The van der Waals surface area contributed by atoms with Crippen LogP contribution in [0.3, 0.4) is 0 Å². The van der Waals surface area contributed by atoms with Crippen LogP contribution < -0.4 is 0 Å². The van der Waals surface area contributed by atoms with E-state index < -0.39 is 17.9 Å². The number of ketones is 2. The van der Waals surface area contributed by atoms with Crippen molar-refractivity contribution in [1.29, 1.82) is 0 Å². The molecule has 3 rings (SSSR count). The van der Waals surface area contributed by atoms with Crippen molar-refractivity contribution in [3.63, 3.8) is 0 Å². The first-order valence-corrected chi connectivity index (χ1v) is 9.09. The number of pyridine rings is 1. The largest absolute Gasteiger partial charge is 0.451 e. The van der Waals surface area contributed by atoms with Crippen molar-refractivity contribution in [3.05, 3.63) is 63.6 Å². The number of ether oxygens (including phenoxy) is 1. The van der Waals surface area contributed by atoms with Crippen molar-refractivity contribution in [2.75, 3.05) is 0 Å². The van der Waals surface area contributed by atoms with E-state index >= 15 is 0 Å². The summed E-state index contributed by atoms with van der Waals surface area (Å²) in [5, 5.41) is 0.744. The second kappa shape index (κ2) is 7.56. The fourth-order valence-corrected chi connectivity index (χ4v) is 3.52. The molecule has 0 bridgehead atoms. The van der Waals surface area contributed by atoms with Crippen LogP contribution in [0.15, 0.2) is 30.3 Å². The third-order valence-electron chi connectivity index (χ3n) is 4.59. The lowest BCUT2D eigenvalue weighted by atomic mass is 10.0. The van der Waals surface area contributed by atoms with Gasteiger partial charge in [0, 0.05) is 16.6 Å². The number of esters is 1. The number of hydrogen-bond acceptors (Lipinski definition) is 5. The van der Waals surface area contributed by atoms with Gasteiger partial charge in [0.2, 0.25) is 5.78 Å². The normalized spacial score (nSPS) is 12.0. The summed E-state index contributed by atoms with van der Waals surface area (Å²) >= 11 is 6.01. The highest BCUT2D eigenvalue weighted by Gasteiger charge is 2.27. The Balaban J connectivity index is 1.89. The summed E-state index contributed by atoms with van der Waals surface area (Å²) in [7, 11) is 0. The van der Waals surface area contributed by atoms with E-state index in [1.165, 1.54) is 19.9 Å². The first-order chi connectivity index (χ1) is 13.2. The standard InChI is InChI=1S/C21H19ClN2O4/c1-10-18(12(3)25)11(2)23-19(10)20(26)13(4)28-21(27)15-9-17(22)24-16-8-6-5-7-14(15)16/h5-9,13,23H,1-4H3/t13-/m0/s1. The average molecular weight is 399 g/mol. The molecule has 0 saturated carbocycles. The third-order valence-corrected chi connectivity index (χ3v) is 4.79. The monoisotopic (exact) mass is 398 g/mol. The van der Waals surface area contributed by atoms with Gasteiger partial charge >= 0.3 is 5.97 Å². The van der Waals surface area contributed by atoms with Gasteiger partial charge in [-0.05, 0) is 45.4 Å². The maximum Gasteiger partial charge on any atom is 0.339 e. The van der Waals surface area contributed by atoms with Crippen LogP contribution in [-0.2, 0) is 4.74 Å². The lowest BCUT2D eigenvalue weighted by molar-refractivity contribution is 0.0318. The number of Topliss-reactive ketones (excluding diaryl/α,β-unsaturated/α-hetero) is 2. The number of aromatic nitrogens is 2. The molecule has 28 heavy (non-hydrogen) atoms. The Labute approximate surface area is 166 Å². The highest BCUT2D eigenvalue weighted by atomic mass is 35.5. The minimum atomic E-state index is -1.05. The fraction of sp³-hybridized carbons (Fsp3) is 0.238. The summed E-state index contributed by atoms with van der Waals surface area (Å²) in [4.78, 5) is 44.4. The second-order valence-corrected chi connectivity index (χ2v) is 6.99. The highest BCUT2D eigenvalue weighted by Crippen LogP contribution is 2.24. The molecule has 3 aromatic rings. The Morgan fingerprint density at radius 1 is 1.18 bits per heavy atom. The van der Waals surface area contributed by atoms with Gasteiger partial charge in [-0.3, -0.25) is 9.59 Å². The van der Waals surface area contributed by atoms with Gasteiger partial charge in [0.1, 0.15) is 5.15 Å². The van der Waals surface area contributed by atoms with Crippen molar-refractivity contribution < 1.29 is 19.1 Å². The number of para-hydroxylation sites is 1. The van der Waals surface area contributed by atoms with Crippen LogP contribution in [0.5, 0.6) is 0 Å². The van der Waals surface area contributed by atoms with Crippen LogP contribution in [-0.4, -0.2) is 33.6 Å². The molecule has 1 aromatic carbocycles. The van der Waals surface area contributed by atoms with Gasteiger partial charge in [0.25, 0.3) is 0 Å². The van der Waals surface area contributed by atoms with E-state index in [9.17, 15) is 14.4 Å². The van der Waals surface area contributed by atoms with Crippen molar-refractivity contribution in [2.24, 2.45) is 0 Å². The SMILES string of the molecule is CC(=O)c1c(C)[nH]c(C(=O)[C@H](C)OC(=O)c2cc(Cl)nc3ccccc23)c1C. The van der Waals surface area contributed by atoms with Crippen LogP contribution in [0.1, 0.15) is 56.3 Å². The van der Waals surface area contributed by atoms with Crippen molar-refractivity contribution in [2.45, 2.75) is 33.8 Å². The first kappa shape index (κ1) is 19.8. The maximum absolute atomic E-state index is 12.8. The molecule has 0 aliphatic carbocycles. The number of nitrogens with zero attached hydrogens (tertiary/aromatic N) is 1. The molecule has 0 amide bonds. The number of aryl methyl sites for hydroxylation is 1. The zero-order valence-electron chi connectivity index (χ0n) is 15.9. The third kappa shape index (κ3) is 3.55. The van der Waals surface area contributed by atoms with Gasteiger partial charge in [-0.1, -0.05) is 29.8 Å². The molecule has 0 unspecified atom stereocenters. The molecule has 144 valence electrons. The maximum atomic E-state index is 12.8. The summed E-state index contributed by atoms with van der Waals surface area (Å²) in [6.07, 6.45) is -1.05. The number of carbonyl (C=O) groups excluding carboxylic acids is 3. The van der Waals surface area contributed by atoms with Crippen LogP contribution in [0.25, 0.3) is 10.9 Å². The summed E-state index contributed by atoms with van der Waals surface area (Å²) in [6, 6.07) is 8.45. The van der Waals surface area contributed by atoms with Gasteiger partial charge in [-0.2, -0.15) is 0 Å². The lowest BCUT2D eigenvalue weighted by Crippen LogP contribution is -2.25. The number of hydrogen-bond donors (Lipinski definition) is 1. The molecule has 0 saturated heterocycles. The number of carbonyl (C=O) groups is 3. The van der Waals surface area contributed by atoms with Crippen molar-refractivity contribution in [1.82, 2.24) is 9.97 Å². The molecule has 2 heterocycles. The van der Waals surface area contributed by atoms with Gasteiger partial charge < -0.3 is 9.72 Å². The quantitative estimate of drug-likeness (QED) is 0.389. The van der Waals surface area contributed by atoms with Crippen LogP contribution in [0.2, 0.25) is 5.15 Å². The highest BCUT2D eigenvalue weighted by molar-refractivity contribution is 6.30. The number of halogens is 1. The zero-order valence-corrected chi connectivity index (χ0v) is 16.7. The number of nitrogens with one attached hydrogen (secondary N) is 1. The molecule has 0 radical (unpaired) electrons. The van der Waals surface area contributed by atoms with Gasteiger partial charge in [-0.15, -0.1) is 0 Å². The van der Waals surface area contributed by atoms with E-state index in [2.05, 4.69) is 9.97 Å². The Morgan fingerprint density at radius 2 is 1.86 bits per heavy atom. The summed E-state index contributed by atoms with van der Waals surface area (Å²) in [5.74, 6) is -1.21. The fourth-order valence-electron chi connectivity index (χ4n) is 3.32. The number of aromatic amines is 1.